The van der Waals surface area contributed by atoms with Crippen LogP contribution in [0.5, 0.6) is 11.5 Å². The second-order valence-electron chi connectivity index (χ2n) is 6.00. The second-order valence-corrected chi connectivity index (χ2v) is 6.00. The smallest absolute Gasteiger partial charge is 0.269 e. The molecule has 2 amide bonds. The molecule has 0 aliphatic carbocycles. The number of hydrogen-bond donors (Lipinski definition) is 3. The molecule has 4 rings (SSSR count). The van der Waals surface area contributed by atoms with Crippen LogP contribution in [0.15, 0.2) is 79.3 Å². The van der Waals surface area contributed by atoms with E-state index in [0.29, 0.717) is 22.6 Å². The number of benzene rings is 2. The van der Waals surface area contributed by atoms with Gasteiger partial charge in [0.05, 0.1) is 6.20 Å². The van der Waals surface area contributed by atoms with Gasteiger partial charge in [-0.2, -0.15) is 0 Å². The summed E-state index contributed by atoms with van der Waals surface area (Å²) in [5, 5.41) is 1.01. The molecule has 2 aromatic heterocycles. The minimum Gasteiger partial charge on any atom is -0.456 e. The Bertz CT molecular complexity index is 1120. The Morgan fingerprint density at radius 3 is 2.36 bits per heavy atom. The number of carbonyl (C=O) groups excluding carboxylic acids is 2. The SMILES string of the molecule is O=C(NNC(=O)c1ccc2cc[nH]c2c1)c1ccc(Oc2cccnc2)cc1. The van der Waals surface area contributed by atoms with Gasteiger partial charge < -0.3 is 9.72 Å². The van der Waals surface area contributed by atoms with E-state index in [9.17, 15) is 9.59 Å². The number of aromatic nitrogens is 2. The van der Waals surface area contributed by atoms with Gasteiger partial charge in [-0.1, -0.05) is 6.07 Å². The van der Waals surface area contributed by atoms with Crippen molar-refractivity contribution in [3.8, 4) is 11.5 Å². The van der Waals surface area contributed by atoms with E-state index in [0.717, 1.165) is 10.9 Å². The van der Waals surface area contributed by atoms with E-state index < -0.39 is 11.8 Å². The summed E-state index contributed by atoms with van der Waals surface area (Å²) in [6.45, 7) is 0. The van der Waals surface area contributed by atoms with Gasteiger partial charge in [-0.3, -0.25) is 25.4 Å². The van der Waals surface area contributed by atoms with Crippen LogP contribution in [0.4, 0.5) is 0 Å². The quantitative estimate of drug-likeness (QED) is 0.478. The first-order valence-corrected chi connectivity index (χ1v) is 8.55. The minimum absolute atomic E-state index is 0.388. The molecule has 2 aromatic carbocycles. The number of amides is 2. The molecular weight excluding hydrogens is 356 g/mol. The van der Waals surface area contributed by atoms with Crippen molar-refractivity contribution in [3.63, 3.8) is 0 Å². The fourth-order valence-electron chi connectivity index (χ4n) is 2.66. The van der Waals surface area contributed by atoms with Gasteiger partial charge in [0.1, 0.15) is 11.5 Å². The summed E-state index contributed by atoms with van der Waals surface area (Å²) < 4.78 is 5.63. The molecule has 0 radical (unpaired) electrons. The van der Waals surface area contributed by atoms with Crippen LogP contribution >= 0.6 is 0 Å². The number of nitrogens with one attached hydrogen (secondary N) is 3. The fourth-order valence-corrected chi connectivity index (χ4v) is 2.66. The molecule has 0 bridgehead atoms. The van der Waals surface area contributed by atoms with E-state index in [4.69, 9.17) is 4.74 Å². The maximum Gasteiger partial charge on any atom is 0.269 e. The first kappa shape index (κ1) is 17.3. The number of pyridine rings is 1. The van der Waals surface area contributed by atoms with E-state index >= 15 is 0 Å². The Kier molecular flexibility index (Phi) is 4.71. The normalized spacial score (nSPS) is 10.4. The number of nitrogens with zero attached hydrogens (tertiary/aromatic N) is 1. The van der Waals surface area contributed by atoms with Crippen LogP contribution in [0.3, 0.4) is 0 Å². The molecule has 4 aromatic rings. The second kappa shape index (κ2) is 7.63. The van der Waals surface area contributed by atoms with Crippen LogP contribution < -0.4 is 15.6 Å². The fraction of sp³-hybridized carbons (Fsp3) is 0. The summed E-state index contributed by atoms with van der Waals surface area (Å²) in [6.07, 6.45) is 5.06. The lowest BCUT2D eigenvalue weighted by Crippen LogP contribution is -2.41. The molecule has 7 heteroatoms. The van der Waals surface area contributed by atoms with Gasteiger partial charge in [0.15, 0.2) is 0 Å². The number of fused-ring (bicyclic) bond motifs is 1. The summed E-state index contributed by atoms with van der Waals surface area (Å²) in [5.41, 5.74) is 6.50. The van der Waals surface area contributed by atoms with E-state index in [1.165, 1.54) is 0 Å². The molecule has 0 saturated heterocycles. The molecule has 3 N–H and O–H groups in total. The lowest BCUT2D eigenvalue weighted by molar-refractivity contribution is 0.0846. The average Bonchev–Trinajstić information content (AvgIpc) is 3.21. The third-order valence-corrected chi connectivity index (χ3v) is 4.09. The molecule has 7 nitrogen and oxygen atoms in total. The molecule has 0 spiro atoms. The molecule has 138 valence electrons. The van der Waals surface area contributed by atoms with Gasteiger partial charge in [0.25, 0.3) is 11.8 Å². The lowest BCUT2D eigenvalue weighted by atomic mass is 10.1. The first-order valence-electron chi connectivity index (χ1n) is 8.55. The van der Waals surface area contributed by atoms with Crippen molar-refractivity contribution >= 4 is 22.7 Å². The topological polar surface area (TPSA) is 96.1 Å². The molecule has 28 heavy (non-hydrogen) atoms. The van der Waals surface area contributed by atoms with Crippen molar-refractivity contribution < 1.29 is 14.3 Å². The van der Waals surface area contributed by atoms with Gasteiger partial charge in [-0.05, 0) is 60.0 Å². The lowest BCUT2D eigenvalue weighted by Gasteiger charge is -2.09. The standard InChI is InChI=1S/C21H16N4O3/c26-20(15-5-7-17(8-6-15)28-18-2-1-10-22-13-18)24-25-21(27)16-4-3-14-9-11-23-19(14)12-16/h1-13,23H,(H,24,26)(H,25,27). The molecule has 2 heterocycles. The van der Waals surface area contributed by atoms with Crippen molar-refractivity contribution in [2.75, 3.05) is 0 Å². The monoisotopic (exact) mass is 372 g/mol. The number of rotatable bonds is 4. The number of ether oxygens (including phenoxy) is 1. The van der Waals surface area contributed by atoms with Crippen molar-refractivity contribution in [3.05, 3.63) is 90.4 Å². The van der Waals surface area contributed by atoms with E-state index in [-0.39, 0.29) is 0 Å². The summed E-state index contributed by atoms with van der Waals surface area (Å²) in [5.74, 6) is 0.349. The van der Waals surface area contributed by atoms with Gasteiger partial charge in [0, 0.05) is 29.0 Å². The van der Waals surface area contributed by atoms with Crippen LogP contribution in [0, 0.1) is 0 Å². The summed E-state index contributed by atoms with van der Waals surface area (Å²) in [6, 6.07) is 17.3. The Balaban J connectivity index is 1.36. The Morgan fingerprint density at radius 1 is 0.857 bits per heavy atom. The highest BCUT2D eigenvalue weighted by Gasteiger charge is 2.10. The Labute approximate surface area is 160 Å². The highest BCUT2D eigenvalue weighted by atomic mass is 16.5. The molecule has 0 atom stereocenters. The minimum atomic E-state index is -0.428. The van der Waals surface area contributed by atoms with Crippen molar-refractivity contribution in [1.82, 2.24) is 20.8 Å². The number of hydrogen-bond acceptors (Lipinski definition) is 4. The van der Waals surface area contributed by atoms with Crippen molar-refractivity contribution in [1.29, 1.82) is 0 Å². The highest BCUT2D eigenvalue weighted by molar-refractivity contribution is 6.00. The van der Waals surface area contributed by atoms with Crippen LogP contribution in [0.2, 0.25) is 0 Å². The number of H-pyrrole nitrogens is 1. The largest absolute Gasteiger partial charge is 0.456 e. The predicted octanol–water partition coefficient (Wildman–Crippen LogP) is 3.43. The molecule has 0 aliphatic rings. The van der Waals surface area contributed by atoms with Gasteiger partial charge >= 0.3 is 0 Å². The zero-order valence-corrected chi connectivity index (χ0v) is 14.7. The van der Waals surface area contributed by atoms with Gasteiger partial charge in [0.2, 0.25) is 0 Å². The third kappa shape index (κ3) is 3.83. The van der Waals surface area contributed by atoms with E-state index in [2.05, 4.69) is 20.8 Å². The zero-order valence-electron chi connectivity index (χ0n) is 14.7. The highest BCUT2D eigenvalue weighted by Crippen LogP contribution is 2.20. The summed E-state index contributed by atoms with van der Waals surface area (Å²) >= 11 is 0. The number of hydrazine groups is 1. The van der Waals surface area contributed by atoms with Crippen LogP contribution in [0.25, 0.3) is 10.9 Å². The van der Waals surface area contributed by atoms with E-state index in [1.807, 2.05) is 12.1 Å². The Morgan fingerprint density at radius 2 is 1.61 bits per heavy atom. The summed E-state index contributed by atoms with van der Waals surface area (Å²) in [4.78, 5) is 31.5. The number of aromatic amines is 1. The van der Waals surface area contributed by atoms with Crippen molar-refractivity contribution in [2.45, 2.75) is 0 Å². The van der Waals surface area contributed by atoms with E-state index in [1.54, 1.807) is 67.1 Å². The van der Waals surface area contributed by atoms with Crippen molar-refractivity contribution in [2.24, 2.45) is 0 Å². The van der Waals surface area contributed by atoms with Gasteiger partial charge in [-0.25, -0.2) is 0 Å². The van der Waals surface area contributed by atoms with Crippen LogP contribution in [-0.4, -0.2) is 21.8 Å². The maximum absolute atomic E-state index is 12.2. The average molecular weight is 372 g/mol. The molecule has 0 unspecified atom stereocenters. The van der Waals surface area contributed by atoms with Gasteiger partial charge in [-0.15, -0.1) is 0 Å². The summed E-state index contributed by atoms with van der Waals surface area (Å²) in [7, 11) is 0. The Hall–Kier alpha value is -4.13. The first-order chi connectivity index (χ1) is 13.7. The molecule has 0 saturated carbocycles. The third-order valence-electron chi connectivity index (χ3n) is 4.09. The van der Waals surface area contributed by atoms with Crippen LogP contribution in [-0.2, 0) is 0 Å². The molecular formula is C21H16N4O3. The zero-order chi connectivity index (χ0) is 19.3. The molecule has 0 aliphatic heterocycles. The maximum atomic E-state index is 12.2. The molecule has 0 fully saturated rings. The number of carbonyl (C=O) groups is 2. The van der Waals surface area contributed by atoms with Crippen LogP contribution in [0.1, 0.15) is 20.7 Å². The predicted molar refractivity (Wildman–Crippen MR) is 104 cm³/mol.